The van der Waals surface area contributed by atoms with Gasteiger partial charge in [-0.05, 0) is 62.9 Å². The van der Waals surface area contributed by atoms with Crippen molar-refractivity contribution in [1.82, 2.24) is 19.9 Å². The Kier molecular flexibility index (Phi) is 7.14. The number of carbonyl (C=O) groups excluding carboxylic acids is 3. The van der Waals surface area contributed by atoms with E-state index in [1.165, 1.54) is 7.11 Å². The number of hydrogen-bond acceptors (Lipinski definition) is 6. The van der Waals surface area contributed by atoms with Crippen molar-refractivity contribution in [2.45, 2.75) is 97.3 Å². The lowest BCUT2D eigenvalue weighted by Crippen LogP contribution is -2.21. The second-order valence-corrected chi connectivity index (χ2v) is 12.5. The summed E-state index contributed by atoms with van der Waals surface area (Å²) in [5, 5.41) is 0. The molecule has 224 valence electrons. The molecule has 3 aromatic rings. The lowest BCUT2D eigenvalue weighted by atomic mass is 9.84. The van der Waals surface area contributed by atoms with Crippen LogP contribution in [0.1, 0.15) is 144 Å². The number of H-pyrrole nitrogens is 2. The number of Topliss-reactive ketones (excluding diaryl/α,β-unsaturated/α-hetero) is 2. The van der Waals surface area contributed by atoms with Crippen molar-refractivity contribution in [1.29, 1.82) is 0 Å². The number of fused-ring (bicyclic) bond motifs is 8. The van der Waals surface area contributed by atoms with Crippen LogP contribution in [0.5, 0.6) is 0 Å². The van der Waals surface area contributed by atoms with Crippen LogP contribution in [0, 0.1) is 13.8 Å². The van der Waals surface area contributed by atoms with Crippen molar-refractivity contribution in [3.05, 3.63) is 68.8 Å². The predicted molar refractivity (Wildman–Crippen MR) is 167 cm³/mol. The van der Waals surface area contributed by atoms with Crippen molar-refractivity contribution in [2.24, 2.45) is 0 Å². The maximum Gasteiger partial charge on any atom is 0.321 e. The zero-order chi connectivity index (χ0) is 30.9. The molecule has 2 N–H and O–H groups in total. The summed E-state index contributed by atoms with van der Waals surface area (Å²) in [6, 6.07) is 6.10. The van der Waals surface area contributed by atoms with E-state index < -0.39 is 11.9 Å². The Labute approximate surface area is 251 Å². The molecule has 0 spiro atoms. The highest BCUT2D eigenvalue weighted by molar-refractivity contribution is 6.23. The summed E-state index contributed by atoms with van der Waals surface area (Å²) in [6.07, 6.45) is 2.66. The maximum atomic E-state index is 14.0. The fourth-order valence-corrected chi connectivity index (χ4v) is 7.64. The van der Waals surface area contributed by atoms with Crippen LogP contribution in [0.4, 0.5) is 0 Å². The third-order valence-corrected chi connectivity index (χ3v) is 10.0. The Bertz CT molecular complexity index is 1860. The van der Waals surface area contributed by atoms with Gasteiger partial charge in [0.1, 0.15) is 5.92 Å². The first kappa shape index (κ1) is 29.0. The Morgan fingerprint density at radius 2 is 1.51 bits per heavy atom. The van der Waals surface area contributed by atoms with Crippen LogP contribution >= 0.6 is 0 Å². The van der Waals surface area contributed by atoms with E-state index in [4.69, 9.17) is 14.7 Å². The summed E-state index contributed by atoms with van der Waals surface area (Å²) in [4.78, 5) is 57.5. The molecule has 5 atom stereocenters. The molecule has 1 aliphatic carbocycles. The van der Waals surface area contributed by atoms with Gasteiger partial charge in [0.15, 0.2) is 11.6 Å². The van der Waals surface area contributed by atoms with Crippen LogP contribution in [-0.4, -0.2) is 44.6 Å². The van der Waals surface area contributed by atoms with Crippen LogP contribution in [0.3, 0.4) is 0 Å². The largest absolute Gasteiger partial charge is 0.468 e. The van der Waals surface area contributed by atoms with Crippen LogP contribution in [-0.2, 0) is 9.53 Å². The van der Waals surface area contributed by atoms with Crippen LogP contribution in [0.15, 0.2) is 18.2 Å². The number of nitrogens with zero attached hydrogens (tertiary/aromatic N) is 2. The number of carbonyl (C=O) groups is 3. The van der Waals surface area contributed by atoms with Crippen molar-refractivity contribution in [2.75, 3.05) is 7.11 Å². The summed E-state index contributed by atoms with van der Waals surface area (Å²) in [5.41, 5.74) is 10.0. The van der Waals surface area contributed by atoms with E-state index in [1.807, 2.05) is 32.0 Å². The van der Waals surface area contributed by atoms with E-state index in [9.17, 15) is 14.4 Å². The van der Waals surface area contributed by atoms with Gasteiger partial charge < -0.3 is 14.7 Å². The summed E-state index contributed by atoms with van der Waals surface area (Å²) in [6.45, 7) is 14.1. The monoisotopic (exact) mass is 580 g/mol. The molecule has 2 aliphatic heterocycles. The number of aryl methyl sites for hydroxylation is 2. The SMILES string of the molecule is CCC[C@@H]1c2nc(cc3[nH]c(cc4nc(cc5[nH]c6c(c5C)C(=O)C(C(=O)OC)c26)[C@H](CC)[C@H]4C)c(C(C)=O)c3C)[C@H]1C. The fourth-order valence-electron chi connectivity index (χ4n) is 7.64. The van der Waals surface area contributed by atoms with E-state index in [0.29, 0.717) is 22.2 Å². The van der Waals surface area contributed by atoms with Crippen LogP contribution < -0.4 is 0 Å². The smallest absolute Gasteiger partial charge is 0.321 e. The van der Waals surface area contributed by atoms with E-state index in [1.54, 1.807) is 6.92 Å². The molecule has 8 heteroatoms. The highest BCUT2D eigenvalue weighted by atomic mass is 16.5. The van der Waals surface area contributed by atoms with Gasteiger partial charge >= 0.3 is 5.97 Å². The van der Waals surface area contributed by atoms with Gasteiger partial charge in [0.25, 0.3) is 0 Å². The molecule has 6 rings (SSSR count). The summed E-state index contributed by atoms with van der Waals surface area (Å²) >= 11 is 0. The average molecular weight is 581 g/mol. The number of hydrogen-bond donors (Lipinski definition) is 2. The molecule has 1 unspecified atom stereocenters. The Balaban J connectivity index is 1.83. The topological polar surface area (TPSA) is 118 Å². The number of ketones is 2. The van der Waals surface area contributed by atoms with E-state index in [2.05, 4.69) is 37.7 Å². The highest BCUT2D eigenvalue weighted by Crippen LogP contribution is 2.48. The Hall–Kier alpha value is -4.07. The van der Waals surface area contributed by atoms with E-state index in [0.717, 1.165) is 69.7 Å². The first-order valence-electron chi connectivity index (χ1n) is 15.4. The lowest BCUT2D eigenvalue weighted by Gasteiger charge is -2.18. The number of rotatable bonds is 5. The molecule has 0 aromatic carbocycles. The molecule has 0 amide bonds. The van der Waals surface area contributed by atoms with Crippen molar-refractivity contribution in [3.8, 4) is 0 Å². The highest BCUT2D eigenvalue weighted by Gasteiger charge is 2.45. The van der Waals surface area contributed by atoms with Crippen molar-refractivity contribution >= 4 is 39.6 Å². The average Bonchev–Trinajstić information content (AvgIpc) is 3.70. The summed E-state index contributed by atoms with van der Waals surface area (Å²) < 4.78 is 5.18. The number of methoxy groups -OCH3 is 1. The molecule has 3 aliphatic rings. The number of esters is 1. The summed E-state index contributed by atoms with van der Waals surface area (Å²) in [5.74, 6) is -1.52. The van der Waals surface area contributed by atoms with Crippen molar-refractivity contribution in [3.63, 3.8) is 0 Å². The van der Waals surface area contributed by atoms with Gasteiger partial charge in [-0.1, -0.05) is 34.1 Å². The van der Waals surface area contributed by atoms with E-state index >= 15 is 0 Å². The third-order valence-electron chi connectivity index (χ3n) is 10.0. The lowest BCUT2D eigenvalue weighted by molar-refractivity contribution is -0.141. The second kappa shape index (κ2) is 10.6. The predicted octanol–water partition coefficient (Wildman–Crippen LogP) is 7.57. The molecule has 3 aromatic heterocycles. The van der Waals surface area contributed by atoms with Crippen LogP contribution in [0.25, 0.3) is 22.1 Å². The molecule has 0 saturated carbocycles. The first-order valence-corrected chi connectivity index (χ1v) is 15.4. The van der Waals surface area contributed by atoms with Crippen molar-refractivity contribution < 1.29 is 19.1 Å². The van der Waals surface area contributed by atoms with Gasteiger partial charge in [-0.3, -0.25) is 24.4 Å². The minimum atomic E-state index is -1.06. The minimum absolute atomic E-state index is 0.00755. The zero-order valence-corrected chi connectivity index (χ0v) is 26.3. The molecule has 0 radical (unpaired) electrons. The van der Waals surface area contributed by atoms with Gasteiger partial charge in [0.2, 0.25) is 0 Å². The standard InChI is InChI=1S/C35H40N4O4/c1-9-11-21-16(4)23-12-24-17(5)28(19(7)40)27(37-24)14-22-15(3)20(10-2)26(36-22)13-25-18(6)29-33(39-25)30(32(21)38-23)31(34(29)41)35(42)43-8/h12-16,20-21,31,37,39H,9-11H2,1-8H3/t15-,16+,20-,21+,31?/m1/s1. The normalized spacial score (nSPS) is 22.7. The van der Waals surface area contributed by atoms with Gasteiger partial charge in [-0.15, -0.1) is 0 Å². The van der Waals surface area contributed by atoms with E-state index in [-0.39, 0.29) is 35.2 Å². The van der Waals surface area contributed by atoms with Gasteiger partial charge in [-0.25, -0.2) is 0 Å². The summed E-state index contributed by atoms with van der Waals surface area (Å²) in [7, 11) is 1.33. The van der Waals surface area contributed by atoms with Gasteiger partial charge in [-0.2, -0.15) is 0 Å². The molecular formula is C35H40N4O4. The van der Waals surface area contributed by atoms with Crippen LogP contribution in [0.2, 0.25) is 0 Å². The number of aromatic amines is 2. The molecule has 8 bridgehead atoms. The van der Waals surface area contributed by atoms with Gasteiger partial charge in [0, 0.05) is 68.5 Å². The Morgan fingerprint density at radius 3 is 2.16 bits per heavy atom. The molecule has 0 fully saturated rings. The minimum Gasteiger partial charge on any atom is -0.468 e. The van der Waals surface area contributed by atoms with Gasteiger partial charge in [0.05, 0.1) is 23.8 Å². The molecule has 0 saturated heterocycles. The zero-order valence-electron chi connectivity index (χ0n) is 26.3. The quantitative estimate of drug-likeness (QED) is 0.183. The number of nitrogens with one attached hydrogen (secondary N) is 2. The maximum absolute atomic E-state index is 14.0. The Morgan fingerprint density at radius 1 is 0.884 bits per heavy atom. The fraction of sp³-hybridized carbons (Fsp3) is 0.457. The molecule has 8 nitrogen and oxygen atoms in total. The molecule has 5 heterocycles. The third kappa shape index (κ3) is 4.28. The number of aromatic nitrogens is 4. The number of ether oxygens (including phenoxy) is 1. The molecular weight excluding hydrogens is 540 g/mol. The second-order valence-electron chi connectivity index (χ2n) is 12.5. The first-order chi connectivity index (χ1) is 20.5. The molecule has 43 heavy (non-hydrogen) atoms.